The number of rotatable bonds is 1. The second kappa shape index (κ2) is 3.71. The average molecular weight is 227 g/mol. The quantitative estimate of drug-likeness (QED) is 0.696. The maximum absolute atomic E-state index is 6.00. The van der Waals surface area contributed by atoms with Gasteiger partial charge in [-0.15, -0.1) is 0 Å². The summed E-state index contributed by atoms with van der Waals surface area (Å²) in [5.74, 6) is 0.754. The topological polar surface area (TPSA) is 25.8 Å². The second-order valence-corrected chi connectivity index (χ2v) is 3.74. The molecule has 4 heteroatoms. The summed E-state index contributed by atoms with van der Waals surface area (Å²) in [6.07, 6.45) is 0.776. The maximum atomic E-state index is 6.00. The summed E-state index contributed by atoms with van der Waals surface area (Å²) < 4.78 is 0. The summed E-state index contributed by atoms with van der Waals surface area (Å²) in [4.78, 5) is 8.50. The molecule has 1 aromatic carbocycles. The van der Waals surface area contributed by atoms with Crippen LogP contribution in [0.1, 0.15) is 12.7 Å². The van der Waals surface area contributed by atoms with Gasteiger partial charge in [0.25, 0.3) is 0 Å². The van der Waals surface area contributed by atoms with Gasteiger partial charge in [0.1, 0.15) is 11.0 Å². The van der Waals surface area contributed by atoms with Crippen molar-refractivity contribution in [3.05, 3.63) is 34.2 Å². The third-order valence-corrected chi connectivity index (χ3v) is 2.50. The van der Waals surface area contributed by atoms with Gasteiger partial charge in [0, 0.05) is 16.8 Å². The Labute approximate surface area is 91.9 Å². The summed E-state index contributed by atoms with van der Waals surface area (Å²) in [5.41, 5.74) is 0.839. The third-order valence-electron chi connectivity index (χ3n) is 1.97. The molecule has 0 spiro atoms. The molecule has 0 unspecified atom stereocenters. The maximum Gasteiger partial charge on any atom is 0.140 e. The van der Waals surface area contributed by atoms with E-state index in [4.69, 9.17) is 23.2 Å². The minimum atomic E-state index is 0.467. The largest absolute Gasteiger partial charge is 0.233 e. The SMILES string of the molecule is CCc1nc(Cl)c2cc(Cl)ccc2n1. The molecule has 0 amide bonds. The average Bonchev–Trinajstić information content (AvgIpc) is 2.19. The van der Waals surface area contributed by atoms with Crippen LogP contribution in [0, 0.1) is 0 Å². The molecule has 2 nitrogen and oxygen atoms in total. The number of fused-ring (bicyclic) bond motifs is 1. The number of benzene rings is 1. The number of aryl methyl sites for hydroxylation is 1. The molecule has 0 fully saturated rings. The van der Waals surface area contributed by atoms with Crippen molar-refractivity contribution in [3.63, 3.8) is 0 Å². The molecule has 2 rings (SSSR count). The summed E-state index contributed by atoms with van der Waals surface area (Å²) in [6, 6.07) is 5.43. The monoisotopic (exact) mass is 226 g/mol. The molecule has 0 radical (unpaired) electrons. The fourth-order valence-corrected chi connectivity index (χ4v) is 1.69. The number of hydrogen-bond donors (Lipinski definition) is 0. The van der Waals surface area contributed by atoms with Gasteiger partial charge in [-0.25, -0.2) is 9.97 Å². The Balaban J connectivity index is 2.76. The number of nitrogens with zero attached hydrogens (tertiary/aromatic N) is 2. The van der Waals surface area contributed by atoms with E-state index in [0.717, 1.165) is 23.1 Å². The molecule has 0 aliphatic rings. The first-order valence-corrected chi connectivity index (χ1v) is 5.08. The van der Waals surface area contributed by atoms with Crippen LogP contribution in [-0.4, -0.2) is 9.97 Å². The normalized spacial score (nSPS) is 10.8. The second-order valence-electron chi connectivity index (χ2n) is 2.95. The van der Waals surface area contributed by atoms with Crippen molar-refractivity contribution < 1.29 is 0 Å². The van der Waals surface area contributed by atoms with E-state index in [1.165, 1.54) is 0 Å². The van der Waals surface area contributed by atoms with Crippen molar-refractivity contribution in [1.29, 1.82) is 0 Å². The van der Waals surface area contributed by atoms with E-state index in [1.54, 1.807) is 12.1 Å². The molecule has 1 aromatic heterocycles. The van der Waals surface area contributed by atoms with Crippen LogP contribution in [0.15, 0.2) is 18.2 Å². The number of aromatic nitrogens is 2. The van der Waals surface area contributed by atoms with E-state index >= 15 is 0 Å². The van der Waals surface area contributed by atoms with Crippen molar-refractivity contribution in [2.45, 2.75) is 13.3 Å². The van der Waals surface area contributed by atoms with Gasteiger partial charge in [-0.3, -0.25) is 0 Å². The lowest BCUT2D eigenvalue weighted by Gasteiger charge is -2.02. The van der Waals surface area contributed by atoms with E-state index in [0.29, 0.717) is 10.2 Å². The summed E-state index contributed by atoms with van der Waals surface area (Å²) in [6.45, 7) is 1.99. The molecule has 0 bridgehead atoms. The summed E-state index contributed by atoms with van der Waals surface area (Å²) in [7, 11) is 0. The van der Waals surface area contributed by atoms with Crippen molar-refractivity contribution in [1.82, 2.24) is 9.97 Å². The summed E-state index contributed by atoms with van der Waals surface area (Å²) in [5, 5.41) is 1.91. The van der Waals surface area contributed by atoms with Crippen molar-refractivity contribution >= 4 is 34.1 Å². The zero-order chi connectivity index (χ0) is 10.1. The highest BCUT2D eigenvalue weighted by Gasteiger charge is 2.04. The van der Waals surface area contributed by atoms with Crippen LogP contribution in [0.25, 0.3) is 10.9 Å². The first-order chi connectivity index (χ1) is 6.70. The molecule has 0 saturated carbocycles. The molecule has 14 heavy (non-hydrogen) atoms. The molecule has 1 heterocycles. The standard InChI is InChI=1S/C10H8Cl2N2/c1-2-9-13-8-4-3-6(11)5-7(8)10(12)14-9/h3-5H,2H2,1H3. The third kappa shape index (κ3) is 1.68. The first kappa shape index (κ1) is 9.69. The molecule has 0 saturated heterocycles. The molecular weight excluding hydrogens is 219 g/mol. The molecule has 0 aliphatic carbocycles. The van der Waals surface area contributed by atoms with Gasteiger partial charge in [-0.1, -0.05) is 30.1 Å². The highest BCUT2D eigenvalue weighted by molar-refractivity contribution is 6.35. The fraction of sp³-hybridized carbons (Fsp3) is 0.200. The lowest BCUT2D eigenvalue weighted by molar-refractivity contribution is 0.961. The van der Waals surface area contributed by atoms with E-state index in [-0.39, 0.29) is 0 Å². The predicted octanol–water partition coefficient (Wildman–Crippen LogP) is 3.50. The number of hydrogen-bond acceptors (Lipinski definition) is 2. The Morgan fingerprint density at radius 3 is 2.71 bits per heavy atom. The van der Waals surface area contributed by atoms with E-state index in [1.807, 2.05) is 13.0 Å². The van der Waals surface area contributed by atoms with Gasteiger partial charge in [0.15, 0.2) is 0 Å². The lowest BCUT2D eigenvalue weighted by atomic mass is 10.2. The van der Waals surface area contributed by atoms with Gasteiger partial charge in [0.2, 0.25) is 0 Å². The molecule has 0 atom stereocenters. The van der Waals surface area contributed by atoms with Crippen LogP contribution < -0.4 is 0 Å². The van der Waals surface area contributed by atoms with Crippen LogP contribution >= 0.6 is 23.2 Å². The van der Waals surface area contributed by atoms with Gasteiger partial charge < -0.3 is 0 Å². The van der Waals surface area contributed by atoms with Crippen molar-refractivity contribution in [2.75, 3.05) is 0 Å². The Hall–Kier alpha value is -0.860. The van der Waals surface area contributed by atoms with Gasteiger partial charge in [-0.05, 0) is 18.2 Å². The highest BCUT2D eigenvalue weighted by Crippen LogP contribution is 2.23. The van der Waals surface area contributed by atoms with E-state index in [9.17, 15) is 0 Å². The lowest BCUT2D eigenvalue weighted by Crippen LogP contribution is -1.94. The van der Waals surface area contributed by atoms with Crippen LogP contribution in [0.2, 0.25) is 10.2 Å². The zero-order valence-electron chi connectivity index (χ0n) is 7.59. The Kier molecular flexibility index (Phi) is 2.57. The van der Waals surface area contributed by atoms with Crippen molar-refractivity contribution in [3.8, 4) is 0 Å². The minimum Gasteiger partial charge on any atom is -0.233 e. The molecular formula is C10H8Cl2N2. The van der Waals surface area contributed by atoms with Gasteiger partial charge in [-0.2, -0.15) is 0 Å². The first-order valence-electron chi connectivity index (χ1n) is 4.32. The number of halogens is 2. The molecule has 0 aliphatic heterocycles. The highest BCUT2D eigenvalue weighted by atomic mass is 35.5. The van der Waals surface area contributed by atoms with Gasteiger partial charge in [0.05, 0.1) is 5.52 Å². The van der Waals surface area contributed by atoms with Crippen LogP contribution in [-0.2, 0) is 6.42 Å². The molecule has 72 valence electrons. The predicted molar refractivity (Wildman–Crippen MR) is 58.9 cm³/mol. The van der Waals surface area contributed by atoms with Crippen LogP contribution in [0.3, 0.4) is 0 Å². The smallest absolute Gasteiger partial charge is 0.140 e. The molecule has 0 N–H and O–H groups in total. The van der Waals surface area contributed by atoms with Crippen LogP contribution in [0.5, 0.6) is 0 Å². The minimum absolute atomic E-state index is 0.467. The summed E-state index contributed by atoms with van der Waals surface area (Å²) >= 11 is 11.9. The van der Waals surface area contributed by atoms with Crippen molar-refractivity contribution in [2.24, 2.45) is 0 Å². The molecule has 2 aromatic rings. The Morgan fingerprint density at radius 2 is 2.00 bits per heavy atom. The van der Waals surface area contributed by atoms with E-state index in [2.05, 4.69) is 9.97 Å². The van der Waals surface area contributed by atoms with E-state index < -0.39 is 0 Å². The Morgan fingerprint density at radius 1 is 1.21 bits per heavy atom. The van der Waals surface area contributed by atoms with Gasteiger partial charge >= 0.3 is 0 Å². The Bertz CT molecular complexity index is 483. The van der Waals surface area contributed by atoms with Crippen LogP contribution in [0.4, 0.5) is 0 Å². The zero-order valence-corrected chi connectivity index (χ0v) is 9.10. The fourth-order valence-electron chi connectivity index (χ4n) is 1.27.